The summed E-state index contributed by atoms with van der Waals surface area (Å²) in [5.41, 5.74) is 5.42. The van der Waals surface area contributed by atoms with Crippen molar-refractivity contribution in [2.75, 3.05) is 7.11 Å². The zero-order valence-corrected chi connectivity index (χ0v) is 12.5. The van der Waals surface area contributed by atoms with Crippen LogP contribution >= 0.6 is 0 Å². The van der Waals surface area contributed by atoms with E-state index >= 15 is 0 Å². The molecule has 0 bridgehead atoms. The lowest BCUT2D eigenvalue weighted by molar-refractivity contribution is -0.142. The topological polar surface area (TPSA) is 52.3 Å². The van der Waals surface area contributed by atoms with E-state index in [0.29, 0.717) is 25.3 Å². The van der Waals surface area contributed by atoms with Crippen molar-refractivity contribution in [3.8, 4) is 0 Å². The molecular weight excluding hydrogens is 302 g/mol. The summed E-state index contributed by atoms with van der Waals surface area (Å²) in [7, 11) is 1.22. The summed E-state index contributed by atoms with van der Waals surface area (Å²) in [5, 5.41) is 0. The second-order valence-corrected chi connectivity index (χ2v) is 5.14. The van der Waals surface area contributed by atoms with Gasteiger partial charge in [-0.1, -0.05) is 13.3 Å². The van der Waals surface area contributed by atoms with Gasteiger partial charge < -0.3 is 10.5 Å². The van der Waals surface area contributed by atoms with Crippen LogP contribution in [0.3, 0.4) is 0 Å². The van der Waals surface area contributed by atoms with Crippen LogP contribution in [-0.2, 0) is 16.0 Å². The number of ether oxygens (including phenoxy) is 1. The Morgan fingerprint density at radius 2 is 1.86 bits per heavy atom. The van der Waals surface area contributed by atoms with Gasteiger partial charge in [0.2, 0.25) is 0 Å². The fraction of sp³-hybridized carbons (Fsp3) is 0.533. The molecule has 0 fully saturated rings. The molecule has 22 heavy (non-hydrogen) atoms. The third kappa shape index (κ3) is 4.43. The molecule has 0 saturated heterocycles. The van der Waals surface area contributed by atoms with Crippen molar-refractivity contribution in [3.63, 3.8) is 0 Å². The van der Waals surface area contributed by atoms with Crippen molar-refractivity contribution in [1.82, 2.24) is 0 Å². The number of hydrogen-bond donors (Lipinski definition) is 1. The second kappa shape index (κ2) is 8.12. The van der Waals surface area contributed by atoms with Crippen molar-refractivity contribution in [2.45, 2.75) is 38.6 Å². The lowest BCUT2D eigenvalue weighted by Gasteiger charge is -2.18. The number of hydrogen-bond acceptors (Lipinski definition) is 3. The Kier molecular flexibility index (Phi) is 6.80. The minimum Gasteiger partial charge on any atom is -0.468 e. The van der Waals surface area contributed by atoms with Crippen LogP contribution in [0.25, 0.3) is 0 Å². The second-order valence-electron chi connectivity index (χ2n) is 5.14. The number of carbonyl (C=O) groups is 1. The molecule has 0 aliphatic heterocycles. The summed E-state index contributed by atoms with van der Waals surface area (Å²) in [4.78, 5) is 11.3. The number of halogens is 4. The SMILES string of the molecule is CCC(CCc1cc(F)c(F)c(F)c1F)CC(N)C(=O)OC. The molecule has 2 N–H and O–H groups in total. The van der Waals surface area contributed by atoms with Crippen LogP contribution < -0.4 is 5.73 Å². The van der Waals surface area contributed by atoms with Crippen molar-refractivity contribution in [3.05, 3.63) is 34.9 Å². The molecule has 0 aromatic heterocycles. The molecule has 0 heterocycles. The van der Waals surface area contributed by atoms with E-state index in [0.717, 1.165) is 0 Å². The Bertz CT molecular complexity index is 537. The normalized spacial score (nSPS) is 13.8. The Morgan fingerprint density at radius 3 is 2.41 bits per heavy atom. The van der Waals surface area contributed by atoms with Crippen LogP contribution in [0.4, 0.5) is 17.6 Å². The zero-order valence-electron chi connectivity index (χ0n) is 12.5. The Labute approximate surface area is 126 Å². The lowest BCUT2D eigenvalue weighted by Crippen LogP contribution is -2.33. The average molecular weight is 321 g/mol. The molecule has 2 atom stereocenters. The molecule has 0 saturated carbocycles. The smallest absolute Gasteiger partial charge is 0.322 e. The van der Waals surface area contributed by atoms with Gasteiger partial charge in [-0.25, -0.2) is 17.6 Å². The standard InChI is InChI=1S/C15H19F4NO2/c1-3-8(6-11(20)15(21)22-2)4-5-9-7-10(16)13(18)14(19)12(9)17/h7-8,11H,3-6,20H2,1-2H3. The number of benzene rings is 1. The minimum atomic E-state index is -1.82. The number of nitrogens with two attached hydrogens (primary N) is 1. The number of carbonyl (C=O) groups excluding carboxylic acids is 1. The van der Waals surface area contributed by atoms with Gasteiger partial charge >= 0.3 is 5.97 Å². The van der Waals surface area contributed by atoms with Gasteiger partial charge in [0.05, 0.1) is 7.11 Å². The predicted molar refractivity (Wildman–Crippen MR) is 73.0 cm³/mol. The zero-order chi connectivity index (χ0) is 16.9. The van der Waals surface area contributed by atoms with Gasteiger partial charge in [-0.2, -0.15) is 0 Å². The fourth-order valence-corrected chi connectivity index (χ4v) is 2.26. The predicted octanol–water partition coefficient (Wildman–Crippen LogP) is 3.09. The van der Waals surface area contributed by atoms with Gasteiger partial charge in [-0.15, -0.1) is 0 Å². The van der Waals surface area contributed by atoms with Gasteiger partial charge in [0.25, 0.3) is 0 Å². The molecule has 3 nitrogen and oxygen atoms in total. The van der Waals surface area contributed by atoms with Crippen molar-refractivity contribution >= 4 is 5.97 Å². The van der Waals surface area contributed by atoms with Crippen molar-refractivity contribution in [2.24, 2.45) is 11.7 Å². The first-order valence-corrected chi connectivity index (χ1v) is 6.97. The third-order valence-corrected chi connectivity index (χ3v) is 3.67. The van der Waals surface area contributed by atoms with Gasteiger partial charge in [-0.05, 0) is 36.8 Å². The fourth-order valence-electron chi connectivity index (χ4n) is 2.26. The average Bonchev–Trinajstić information content (AvgIpc) is 2.52. The van der Waals surface area contributed by atoms with Gasteiger partial charge in [-0.3, -0.25) is 4.79 Å². The summed E-state index contributed by atoms with van der Waals surface area (Å²) in [6.07, 6.45) is 1.35. The highest BCUT2D eigenvalue weighted by atomic mass is 19.2. The van der Waals surface area contributed by atoms with Crippen LogP contribution in [-0.4, -0.2) is 19.1 Å². The summed E-state index contributed by atoms with van der Waals surface area (Å²) >= 11 is 0. The van der Waals surface area contributed by atoms with E-state index in [9.17, 15) is 22.4 Å². The molecule has 0 spiro atoms. The first-order chi connectivity index (χ1) is 10.3. The van der Waals surface area contributed by atoms with Crippen LogP contribution in [0.15, 0.2) is 6.07 Å². The van der Waals surface area contributed by atoms with E-state index in [-0.39, 0.29) is 17.9 Å². The van der Waals surface area contributed by atoms with Crippen LogP contribution in [0.1, 0.15) is 31.7 Å². The van der Waals surface area contributed by atoms with E-state index in [2.05, 4.69) is 4.74 Å². The number of aryl methyl sites for hydroxylation is 1. The third-order valence-electron chi connectivity index (χ3n) is 3.67. The largest absolute Gasteiger partial charge is 0.468 e. The molecule has 0 aliphatic rings. The van der Waals surface area contributed by atoms with E-state index in [4.69, 9.17) is 5.73 Å². The maximum Gasteiger partial charge on any atom is 0.322 e. The molecule has 1 aromatic carbocycles. The monoisotopic (exact) mass is 321 g/mol. The first-order valence-electron chi connectivity index (χ1n) is 6.97. The molecule has 0 aliphatic carbocycles. The van der Waals surface area contributed by atoms with Gasteiger partial charge in [0, 0.05) is 0 Å². The number of methoxy groups -OCH3 is 1. The maximum atomic E-state index is 13.6. The number of rotatable bonds is 7. The Balaban J connectivity index is 2.73. The first kappa shape index (κ1) is 18.4. The lowest BCUT2D eigenvalue weighted by atomic mass is 9.91. The molecule has 1 rings (SSSR count). The highest BCUT2D eigenvalue weighted by Gasteiger charge is 2.22. The van der Waals surface area contributed by atoms with Gasteiger partial charge in [0.1, 0.15) is 6.04 Å². The molecule has 7 heteroatoms. The highest BCUT2D eigenvalue weighted by Crippen LogP contribution is 2.23. The maximum absolute atomic E-state index is 13.6. The van der Waals surface area contributed by atoms with E-state index < -0.39 is 35.3 Å². The molecule has 124 valence electrons. The van der Waals surface area contributed by atoms with E-state index in [1.165, 1.54) is 7.11 Å². The van der Waals surface area contributed by atoms with Crippen LogP contribution in [0.5, 0.6) is 0 Å². The summed E-state index contributed by atoms with van der Waals surface area (Å²) in [6.45, 7) is 1.86. The van der Waals surface area contributed by atoms with Crippen LogP contribution in [0.2, 0.25) is 0 Å². The molecule has 0 radical (unpaired) electrons. The molecule has 1 aromatic rings. The van der Waals surface area contributed by atoms with Crippen molar-refractivity contribution in [1.29, 1.82) is 0 Å². The van der Waals surface area contributed by atoms with Crippen molar-refractivity contribution < 1.29 is 27.1 Å². The van der Waals surface area contributed by atoms with E-state index in [1.54, 1.807) is 0 Å². The summed E-state index contributed by atoms with van der Waals surface area (Å²) < 4.78 is 57.2. The van der Waals surface area contributed by atoms with E-state index in [1.807, 2.05) is 6.92 Å². The minimum absolute atomic E-state index is 0.0202. The Morgan fingerprint density at radius 1 is 1.23 bits per heavy atom. The Hall–Kier alpha value is -1.63. The summed E-state index contributed by atoms with van der Waals surface area (Å²) in [5.74, 6) is -7.04. The van der Waals surface area contributed by atoms with Crippen LogP contribution in [0, 0.1) is 29.2 Å². The number of esters is 1. The van der Waals surface area contributed by atoms with Gasteiger partial charge in [0.15, 0.2) is 23.3 Å². The molecule has 2 unspecified atom stereocenters. The molecule has 0 amide bonds. The highest BCUT2D eigenvalue weighted by molar-refractivity contribution is 5.75. The quantitative estimate of drug-likeness (QED) is 0.363. The molecular formula is C15H19F4NO2. The summed E-state index contributed by atoms with van der Waals surface area (Å²) in [6, 6.07) is -0.151.